The van der Waals surface area contributed by atoms with Crippen LogP contribution in [0.4, 0.5) is 0 Å². The molecule has 0 fully saturated rings. The fourth-order valence-corrected chi connectivity index (χ4v) is 2.17. The van der Waals surface area contributed by atoms with Gasteiger partial charge in [0.2, 0.25) is 0 Å². The van der Waals surface area contributed by atoms with Gasteiger partial charge < -0.3 is 30.1 Å². The van der Waals surface area contributed by atoms with Crippen molar-refractivity contribution in [2.45, 2.75) is 80.3 Å². The molecular weight excluding hydrogens is 337 g/mol. The predicted octanol–water partition coefficient (Wildman–Crippen LogP) is -0.315. The SMILES string of the molecule is CC(C)(C)[N-]C(C)(C)C.CC1=[C-]C(C)C(C)=C1C.[Cl-].[Cl-].[Ti+4]. The van der Waals surface area contributed by atoms with Crippen molar-refractivity contribution in [3.8, 4) is 0 Å². The molecule has 0 saturated heterocycles. The molecule has 0 aromatic carbocycles. The Hall–Kier alpha value is 0.734. The number of hydrogen-bond acceptors (Lipinski definition) is 0. The largest absolute Gasteiger partial charge is 4.00 e. The van der Waals surface area contributed by atoms with Crippen molar-refractivity contribution in [1.82, 2.24) is 0 Å². The van der Waals surface area contributed by atoms with Crippen LogP contribution in [0.5, 0.6) is 0 Å². The first kappa shape index (κ1) is 29.7. The molecule has 1 aliphatic rings. The molecule has 0 amide bonds. The third-order valence-electron chi connectivity index (χ3n) is 2.91. The quantitative estimate of drug-likeness (QED) is 0.411. The second kappa shape index (κ2) is 11.3. The Morgan fingerprint density at radius 2 is 1.19 bits per heavy atom. The molecule has 0 aromatic heterocycles. The van der Waals surface area contributed by atoms with Crippen LogP contribution in [0.25, 0.3) is 5.32 Å². The van der Waals surface area contributed by atoms with Gasteiger partial charge in [-0.2, -0.15) is 11.1 Å². The van der Waals surface area contributed by atoms with Crippen LogP contribution >= 0.6 is 0 Å². The number of hydrogen-bond donors (Lipinski definition) is 0. The molecule has 1 atom stereocenters. The molecule has 21 heavy (non-hydrogen) atoms. The number of rotatable bonds is 0. The first-order valence-electron chi connectivity index (χ1n) is 6.85. The van der Waals surface area contributed by atoms with Gasteiger partial charge in [-0.05, 0) is 0 Å². The Kier molecular flexibility index (Phi) is 16.0. The number of allylic oxidation sites excluding steroid dienone is 4. The van der Waals surface area contributed by atoms with Gasteiger partial charge in [-0.15, -0.1) is 18.0 Å². The van der Waals surface area contributed by atoms with Gasteiger partial charge in [0.25, 0.3) is 0 Å². The summed E-state index contributed by atoms with van der Waals surface area (Å²) in [5.74, 6) is 0.560. The van der Waals surface area contributed by atoms with E-state index in [-0.39, 0.29) is 57.6 Å². The van der Waals surface area contributed by atoms with Crippen molar-refractivity contribution >= 4 is 0 Å². The molecule has 0 bridgehead atoms. The normalized spacial score (nSPS) is 17.6. The van der Waals surface area contributed by atoms with Crippen molar-refractivity contribution in [3.63, 3.8) is 0 Å². The van der Waals surface area contributed by atoms with Crippen LogP contribution in [0.1, 0.15) is 69.2 Å². The second-order valence-corrected chi connectivity index (χ2v) is 7.25. The van der Waals surface area contributed by atoms with Gasteiger partial charge >= 0.3 is 21.7 Å². The first-order valence-corrected chi connectivity index (χ1v) is 6.85. The molecule has 1 unspecified atom stereocenters. The third-order valence-corrected chi connectivity index (χ3v) is 2.91. The molecule has 0 radical (unpaired) electrons. The summed E-state index contributed by atoms with van der Waals surface area (Å²) in [6.45, 7) is 21.4. The van der Waals surface area contributed by atoms with E-state index in [9.17, 15) is 0 Å². The average molecular weight is 368 g/mol. The summed E-state index contributed by atoms with van der Waals surface area (Å²) in [6.07, 6.45) is 3.36. The van der Waals surface area contributed by atoms with Crippen molar-refractivity contribution < 1.29 is 46.5 Å². The summed E-state index contributed by atoms with van der Waals surface area (Å²) in [5, 5.41) is 4.54. The first-order chi connectivity index (χ1) is 7.83. The summed E-state index contributed by atoms with van der Waals surface area (Å²) in [7, 11) is 0. The molecule has 122 valence electrons. The molecule has 1 rings (SSSR count). The maximum Gasteiger partial charge on any atom is 4.00 e. The van der Waals surface area contributed by atoms with Gasteiger partial charge in [0.05, 0.1) is 0 Å². The number of halogens is 2. The van der Waals surface area contributed by atoms with Crippen molar-refractivity contribution in [2.75, 3.05) is 0 Å². The summed E-state index contributed by atoms with van der Waals surface area (Å²) in [5.41, 5.74) is 4.46. The van der Waals surface area contributed by atoms with Gasteiger partial charge in [0.1, 0.15) is 0 Å². The van der Waals surface area contributed by atoms with Gasteiger partial charge in [-0.1, -0.05) is 68.2 Å². The van der Waals surface area contributed by atoms with Crippen LogP contribution in [0, 0.1) is 12.0 Å². The van der Waals surface area contributed by atoms with Crippen LogP contribution in [-0.4, -0.2) is 11.1 Å². The molecule has 1 nitrogen and oxygen atoms in total. The van der Waals surface area contributed by atoms with Crippen LogP contribution < -0.4 is 24.8 Å². The van der Waals surface area contributed by atoms with E-state index in [2.05, 4.69) is 80.6 Å². The Bertz CT molecular complexity index is 335. The predicted molar refractivity (Wildman–Crippen MR) is 82.8 cm³/mol. The van der Waals surface area contributed by atoms with E-state index in [0.717, 1.165) is 0 Å². The van der Waals surface area contributed by atoms with E-state index >= 15 is 0 Å². The maximum absolute atomic E-state index is 4.54. The molecule has 0 heterocycles. The summed E-state index contributed by atoms with van der Waals surface area (Å²) in [6, 6.07) is 0. The molecule has 0 aromatic rings. The minimum atomic E-state index is 0. The zero-order valence-corrected chi connectivity index (χ0v) is 18.4. The smallest absolute Gasteiger partial charge is 1.00 e. The van der Waals surface area contributed by atoms with Crippen molar-refractivity contribution in [3.05, 3.63) is 28.1 Å². The minimum absolute atomic E-state index is 0. The van der Waals surface area contributed by atoms with Gasteiger partial charge in [-0.3, -0.25) is 6.08 Å². The summed E-state index contributed by atoms with van der Waals surface area (Å²) in [4.78, 5) is 0. The Morgan fingerprint density at radius 3 is 1.24 bits per heavy atom. The van der Waals surface area contributed by atoms with Crippen LogP contribution in [0.15, 0.2) is 16.7 Å². The third kappa shape index (κ3) is 14.1. The molecule has 0 aliphatic heterocycles. The van der Waals surface area contributed by atoms with E-state index in [1.54, 1.807) is 0 Å². The number of nitrogens with zero attached hydrogens (tertiary/aromatic N) is 1. The fourth-order valence-electron chi connectivity index (χ4n) is 2.17. The maximum atomic E-state index is 4.54. The molecule has 4 heteroatoms. The van der Waals surface area contributed by atoms with E-state index in [0.29, 0.717) is 5.92 Å². The van der Waals surface area contributed by atoms with Crippen LogP contribution in [-0.2, 0) is 21.7 Å². The van der Waals surface area contributed by atoms with Crippen LogP contribution in [0.2, 0.25) is 0 Å². The zero-order chi connectivity index (χ0) is 14.7. The summed E-state index contributed by atoms with van der Waals surface area (Å²) >= 11 is 0. The van der Waals surface area contributed by atoms with Crippen LogP contribution in [0.3, 0.4) is 0 Å². The van der Waals surface area contributed by atoms with Gasteiger partial charge in [0, 0.05) is 0 Å². The summed E-state index contributed by atoms with van der Waals surface area (Å²) < 4.78 is 0. The molecule has 0 saturated carbocycles. The average Bonchev–Trinajstić information content (AvgIpc) is 2.28. The Balaban J connectivity index is -0.000000120. The molecular formula is C17H31Cl2NTi. The van der Waals surface area contributed by atoms with Crippen molar-refractivity contribution in [1.29, 1.82) is 0 Å². The standard InChI is InChI=1S/C9H13.C8H18N.2ClH.Ti/c1-6-5-7(2)9(4)8(6)3;1-7(2,3)9-8(4,5)6;;;/h6H,1-4H3;1-6H3;2*1H;/q2*-1;;;+4/p-2. The Morgan fingerprint density at radius 1 is 0.857 bits per heavy atom. The van der Waals surface area contributed by atoms with E-state index in [1.807, 2.05) is 0 Å². The van der Waals surface area contributed by atoms with E-state index in [4.69, 9.17) is 0 Å². The van der Waals surface area contributed by atoms with Gasteiger partial charge in [0.15, 0.2) is 0 Å². The topological polar surface area (TPSA) is 14.1 Å². The zero-order valence-electron chi connectivity index (χ0n) is 15.3. The van der Waals surface area contributed by atoms with Crippen molar-refractivity contribution in [2.24, 2.45) is 5.92 Å². The van der Waals surface area contributed by atoms with E-state index in [1.165, 1.54) is 16.7 Å². The molecule has 0 spiro atoms. The molecule has 1 aliphatic carbocycles. The second-order valence-electron chi connectivity index (χ2n) is 7.25. The monoisotopic (exact) mass is 367 g/mol. The fraction of sp³-hybridized carbons (Fsp3) is 0.765. The minimum Gasteiger partial charge on any atom is -1.00 e. The molecule has 0 N–H and O–H groups in total. The van der Waals surface area contributed by atoms with Gasteiger partial charge in [-0.25, -0.2) is 5.57 Å². The Labute approximate surface area is 160 Å². The van der Waals surface area contributed by atoms with E-state index < -0.39 is 0 Å².